The molecule has 0 amide bonds. The van der Waals surface area contributed by atoms with Gasteiger partial charge in [-0.25, -0.2) is 0 Å². The number of ether oxygens (including phenoxy) is 1. The zero-order valence-electron chi connectivity index (χ0n) is 16.1. The summed E-state index contributed by atoms with van der Waals surface area (Å²) in [6.45, 7) is 0.784. The van der Waals surface area contributed by atoms with E-state index in [1.807, 2.05) is 6.08 Å². The number of nitrogens with zero attached hydrogens (tertiary/aromatic N) is 1. The Balaban J connectivity index is 1.65. The highest BCUT2D eigenvalue weighted by Crippen LogP contribution is 2.67. The van der Waals surface area contributed by atoms with Crippen molar-refractivity contribution in [2.24, 2.45) is 11.8 Å². The number of piperidine rings is 1. The first-order chi connectivity index (χ1) is 13.4. The minimum atomic E-state index is -1.82. The summed E-state index contributed by atoms with van der Waals surface area (Å²) in [5.41, 5.74) is 1.87. The molecule has 3 aliphatic carbocycles. The number of aliphatic hydroxyl groups excluding tert-OH is 1. The first kappa shape index (κ1) is 17.1. The van der Waals surface area contributed by atoms with Crippen LogP contribution in [0.15, 0.2) is 12.2 Å². The Bertz CT molecular complexity index is 909. The Morgan fingerprint density at radius 1 is 1.21 bits per heavy atom. The quantitative estimate of drug-likeness (QED) is 0.456. The lowest BCUT2D eigenvalue weighted by molar-refractivity contribution is -0.249. The van der Waals surface area contributed by atoms with E-state index in [0.29, 0.717) is 12.3 Å². The number of likely N-dealkylation sites (N-methyl/N-ethyl adjacent to an activating group) is 1. The molecule has 28 heavy (non-hydrogen) atoms. The number of hydrogen-bond donors (Lipinski definition) is 4. The summed E-state index contributed by atoms with van der Waals surface area (Å²) in [7, 11) is 2.10. The zero-order chi connectivity index (χ0) is 19.4. The van der Waals surface area contributed by atoms with E-state index in [9.17, 15) is 20.4 Å². The van der Waals surface area contributed by atoms with E-state index >= 15 is 0 Å². The first-order valence-electron chi connectivity index (χ1n) is 10.5. The number of phenols is 2. The molecule has 2 aliphatic heterocycles. The molecule has 0 unspecified atom stereocenters. The molecule has 1 aromatic rings. The standard InChI is InChI=1S/C22H27NO5/c1-23-8-7-21-14-5-6-16(24)22(21,27)28-20-17(21)12(10-15(14)23)13(18(25)19(20)26)9-11-3-2-4-11/h5-6,11,14-16,24-27H,2-4,7-10H2,1H3/t14-,15+,16-,21-,22-/m0/s1. The number of aliphatic hydroxyl groups is 2. The summed E-state index contributed by atoms with van der Waals surface area (Å²) >= 11 is 0. The van der Waals surface area contributed by atoms with Crippen LogP contribution in [-0.2, 0) is 18.3 Å². The van der Waals surface area contributed by atoms with Gasteiger partial charge in [0.15, 0.2) is 11.5 Å². The van der Waals surface area contributed by atoms with Crippen molar-refractivity contribution in [3.05, 3.63) is 28.8 Å². The lowest BCUT2D eigenvalue weighted by Crippen LogP contribution is -2.71. The van der Waals surface area contributed by atoms with E-state index in [-0.39, 0.29) is 29.2 Å². The van der Waals surface area contributed by atoms with Gasteiger partial charge in [0.2, 0.25) is 11.5 Å². The van der Waals surface area contributed by atoms with Crippen LogP contribution in [0.25, 0.3) is 0 Å². The molecule has 4 N–H and O–H groups in total. The van der Waals surface area contributed by atoms with Crippen LogP contribution in [0.5, 0.6) is 17.2 Å². The molecule has 5 aliphatic rings. The fraction of sp³-hybridized carbons (Fsp3) is 0.636. The Morgan fingerprint density at radius 2 is 2.00 bits per heavy atom. The summed E-state index contributed by atoms with van der Waals surface area (Å²) in [6, 6.07) is 0.162. The molecule has 6 rings (SSSR count). The van der Waals surface area contributed by atoms with E-state index in [2.05, 4.69) is 11.9 Å². The average molecular weight is 385 g/mol. The number of benzene rings is 1. The maximum atomic E-state index is 11.6. The second-order valence-electron chi connectivity index (χ2n) is 9.49. The lowest BCUT2D eigenvalue weighted by Gasteiger charge is -2.59. The Hall–Kier alpha value is -1.76. The monoisotopic (exact) mass is 385 g/mol. The molecular formula is C22H27NO5. The summed E-state index contributed by atoms with van der Waals surface area (Å²) in [6.07, 6.45) is 8.12. The first-order valence-corrected chi connectivity index (χ1v) is 10.5. The predicted octanol–water partition coefficient (Wildman–Crippen LogP) is 1.57. The number of rotatable bonds is 2. The van der Waals surface area contributed by atoms with Gasteiger partial charge in [-0.15, -0.1) is 0 Å². The van der Waals surface area contributed by atoms with Gasteiger partial charge >= 0.3 is 0 Å². The van der Waals surface area contributed by atoms with Gasteiger partial charge in [-0.3, -0.25) is 0 Å². The second-order valence-corrected chi connectivity index (χ2v) is 9.49. The maximum Gasteiger partial charge on any atom is 0.248 e. The zero-order valence-corrected chi connectivity index (χ0v) is 16.1. The maximum absolute atomic E-state index is 11.6. The van der Waals surface area contributed by atoms with Crippen molar-refractivity contribution < 1.29 is 25.2 Å². The third-order valence-corrected chi connectivity index (χ3v) is 8.40. The summed E-state index contributed by atoms with van der Waals surface area (Å²) in [5.74, 6) is -1.51. The van der Waals surface area contributed by atoms with Crippen molar-refractivity contribution >= 4 is 0 Å². The average Bonchev–Trinajstić information content (AvgIpc) is 2.91. The SMILES string of the molecule is CN1CC[C@]23c4c5c(CC6CCC6)c(O)c(O)c4O[C@@]2(O)[C@@H](O)C=C[C@H]3[C@H]1C5. The van der Waals surface area contributed by atoms with Crippen LogP contribution in [0.4, 0.5) is 0 Å². The molecule has 5 atom stereocenters. The highest BCUT2D eigenvalue weighted by Gasteiger charge is 2.72. The van der Waals surface area contributed by atoms with Crippen LogP contribution in [0.2, 0.25) is 0 Å². The highest BCUT2D eigenvalue weighted by atomic mass is 16.6. The summed E-state index contributed by atoms with van der Waals surface area (Å²) < 4.78 is 5.95. The molecule has 2 fully saturated rings. The number of aromatic hydroxyl groups is 2. The number of likely N-dealkylation sites (tertiary alicyclic amines) is 1. The minimum Gasteiger partial charge on any atom is -0.504 e. The molecular weight excluding hydrogens is 358 g/mol. The van der Waals surface area contributed by atoms with E-state index in [0.717, 1.165) is 48.9 Å². The van der Waals surface area contributed by atoms with Gasteiger partial charge < -0.3 is 30.1 Å². The van der Waals surface area contributed by atoms with Crippen LogP contribution in [0, 0.1) is 11.8 Å². The normalized spacial score (nSPS) is 40.8. The molecule has 6 nitrogen and oxygen atoms in total. The fourth-order valence-corrected chi connectivity index (χ4v) is 6.69. The van der Waals surface area contributed by atoms with Crippen molar-refractivity contribution in [2.45, 2.75) is 61.9 Å². The Labute approximate surface area is 164 Å². The largest absolute Gasteiger partial charge is 0.504 e. The molecule has 1 spiro atoms. The van der Waals surface area contributed by atoms with Gasteiger partial charge in [0, 0.05) is 23.1 Å². The van der Waals surface area contributed by atoms with Crippen LogP contribution in [0.1, 0.15) is 42.4 Å². The third kappa shape index (κ3) is 1.72. The lowest BCUT2D eigenvalue weighted by atomic mass is 9.51. The molecule has 150 valence electrons. The minimum absolute atomic E-state index is 0.00565. The van der Waals surface area contributed by atoms with Crippen LogP contribution in [-0.4, -0.2) is 56.9 Å². The van der Waals surface area contributed by atoms with E-state index in [4.69, 9.17) is 4.74 Å². The van der Waals surface area contributed by atoms with E-state index in [1.54, 1.807) is 6.08 Å². The van der Waals surface area contributed by atoms with Crippen LogP contribution >= 0.6 is 0 Å². The molecule has 1 saturated heterocycles. The van der Waals surface area contributed by atoms with Gasteiger partial charge in [0.05, 0.1) is 5.41 Å². The van der Waals surface area contributed by atoms with Crippen molar-refractivity contribution in [3.63, 3.8) is 0 Å². The van der Waals surface area contributed by atoms with Crippen molar-refractivity contribution in [2.75, 3.05) is 13.6 Å². The summed E-state index contributed by atoms with van der Waals surface area (Å²) in [5, 5.41) is 44.0. The predicted molar refractivity (Wildman–Crippen MR) is 101 cm³/mol. The van der Waals surface area contributed by atoms with Crippen molar-refractivity contribution in [1.82, 2.24) is 4.90 Å². The van der Waals surface area contributed by atoms with Gasteiger partial charge in [-0.1, -0.05) is 31.4 Å². The summed E-state index contributed by atoms with van der Waals surface area (Å²) in [4.78, 5) is 2.32. The Kier molecular flexibility index (Phi) is 3.20. The Morgan fingerprint density at radius 3 is 2.71 bits per heavy atom. The van der Waals surface area contributed by atoms with Gasteiger partial charge in [-0.05, 0) is 44.3 Å². The molecule has 2 heterocycles. The highest BCUT2D eigenvalue weighted by molar-refractivity contribution is 5.70. The fourth-order valence-electron chi connectivity index (χ4n) is 6.69. The van der Waals surface area contributed by atoms with Gasteiger partial charge in [0.1, 0.15) is 6.10 Å². The third-order valence-electron chi connectivity index (χ3n) is 8.40. The smallest absolute Gasteiger partial charge is 0.248 e. The van der Waals surface area contributed by atoms with Crippen molar-refractivity contribution in [1.29, 1.82) is 0 Å². The van der Waals surface area contributed by atoms with Gasteiger partial charge in [-0.2, -0.15) is 0 Å². The number of hydrogen-bond acceptors (Lipinski definition) is 6. The molecule has 2 bridgehead atoms. The number of phenolic OH excluding ortho intramolecular Hbond substituents is 2. The molecule has 1 aromatic carbocycles. The molecule has 1 saturated carbocycles. The van der Waals surface area contributed by atoms with Crippen molar-refractivity contribution in [3.8, 4) is 17.2 Å². The van der Waals surface area contributed by atoms with E-state index < -0.39 is 17.3 Å². The second kappa shape index (κ2) is 5.23. The topological polar surface area (TPSA) is 93.4 Å². The molecule has 0 radical (unpaired) electrons. The molecule has 0 aromatic heterocycles. The van der Waals surface area contributed by atoms with Crippen LogP contribution in [0.3, 0.4) is 0 Å². The van der Waals surface area contributed by atoms with Gasteiger partial charge in [0.25, 0.3) is 0 Å². The van der Waals surface area contributed by atoms with E-state index in [1.165, 1.54) is 6.42 Å². The molecule has 6 heteroatoms. The van der Waals surface area contributed by atoms with Crippen LogP contribution < -0.4 is 4.74 Å².